The van der Waals surface area contributed by atoms with Gasteiger partial charge >= 0.3 is 0 Å². The van der Waals surface area contributed by atoms with Crippen LogP contribution in [0.1, 0.15) is 44.2 Å². The van der Waals surface area contributed by atoms with Crippen molar-refractivity contribution in [2.24, 2.45) is 0 Å². The lowest BCUT2D eigenvalue weighted by Crippen LogP contribution is -2.52. The van der Waals surface area contributed by atoms with Crippen molar-refractivity contribution in [1.29, 1.82) is 0 Å². The van der Waals surface area contributed by atoms with E-state index in [2.05, 4.69) is 21.2 Å². The Morgan fingerprint density at radius 1 is 1.11 bits per heavy atom. The average Bonchev–Trinajstić information content (AvgIpc) is 2.80. The molecule has 2 aromatic carbocycles. The fourth-order valence-electron chi connectivity index (χ4n) is 3.61. The maximum atomic E-state index is 13.6. The van der Waals surface area contributed by atoms with Crippen molar-refractivity contribution in [1.82, 2.24) is 10.2 Å². The number of benzene rings is 2. The van der Waals surface area contributed by atoms with Gasteiger partial charge in [-0.3, -0.25) is 13.9 Å². The summed E-state index contributed by atoms with van der Waals surface area (Å²) in [5.74, 6) is -1.25. The minimum atomic E-state index is -3.80. The summed E-state index contributed by atoms with van der Waals surface area (Å²) >= 11 is 3.40. The number of amides is 2. The topological polar surface area (TPSA) is 86.8 Å². The quantitative estimate of drug-likeness (QED) is 0.384. The van der Waals surface area contributed by atoms with E-state index in [4.69, 9.17) is 0 Å². The molecule has 1 atom stereocenters. The van der Waals surface area contributed by atoms with Gasteiger partial charge in [-0.15, -0.1) is 0 Å². The second-order valence-electron chi connectivity index (χ2n) is 8.42. The van der Waals surface area contributed by atoms with Crippen LogP contribution >= 0.6 is 15.9 Å². The zero-order chi connectivity index (χ0) is 26.2. The van der Waals surface area contributed by atoms with E-state index in [1.165, 1.54) is 17.0 Å². The molecule has 2 amide bonds. The second-order valence-corrected chi connectivity index (χ2v) is 11.2. The molecule has 10 heteroatoms. The molecule has 0 unspecified atom stereocenters. The molecule has 0 spiro atoms. The minimum Gasteiger partial charge on any atom is -0.354 e. The Morgan fingerprint density at radius 3 is 2.31 bits per heavy atom. The normalized spacial score (nSPS) is 12.2. The number of rotatable bonds is 12. The molecule has 0 aliphatic carbocycles. The smallest absolute Gasteiger partial charge is 0.244 e. The number of halogens is 2. The van der Waals surface area contributed by atoms with Crippen LogP contribution in [0.3, 0.4) is 0 Å². The molecule has 2 rings (SSSR count). The zero-order valence-electron chi connectivity index (χ0n) is 20.6. The van der Waals surface area contributed by atoms with Gasteiger partial charge in [-0.2, -0.15) is 0 Å². The predicted molar refractivity (Wildman–Crippen MR) is 140 cm³/mol. The minimum absolute atomic E-state index is 0.0375. The average molecular weight is 571 g/mol. The molecular formula is C25H33BrFN3O4S. The lowest BCUT2D eigenvalue weighted by molar-refractivity contribution is -0.140. The molecule has 0 aliphatic heterocycles. The standard InChI is InChI=1S/C25H33BrFN3O4S/c1-5-7-14-28-25(32)23(6-2)29(16-19-8-10-20(27)11-9-19)24(31)17-30(35(4,33)34)21-12-13-22(26)18(3)15-21/h8-13,15,23H,5-7,14,16-17H2,1-4H3,(H,28,32)/t23-/m0/s1. The van der Waals surface area contributed by atoms with E-state index in [-0.39, 0.29) is 12.5 Å². The van der Waals surface area contributed by atoms with Gasteiger partial charge in [-0.1, -0.05) is 48.3 Å². The first-order valence-electron chi connectivity index (χ1n) is 11.5. The molecule has 2 aromatic rings. The number of hydrogen-bond donors (Lipinski definition) is 1. The van der Waals surface area contributed by atoms with Crippen LogP contribution in [0.5, 0.6) is 0 Å². The third-order valence-corrected chi connectivity index (χ3v) is 7.62. The Labute approximate surface area is 215 Å². The summed E-state index contributed by atoms with van der Waals surface area (Å²) in [6, 6.07) is 9.87. The van der Waals surface area contributed by atoms with Gasteiger partial charge in [0.2, 0.25) is 21.8 Å². The molecule has 0 aliphatic rings. The first-order valence-corrected chi connectivity index (χ1v) is 14.2. The number of aryl methyl sites for hydroxylation is 1. The molecule has 0 heterocycles. The van der Waals surface area contributed by atoms with Crippen LogP contribution in [0.2, 0.25) is 0 Å². The largest absolute Gasteiger partial charge is 0.354 e. The summed E-state index contributed by atoms with van der Waals surface area (Å²) in [6.45, 7) is 5.68. The van der Waals surface area contributed by atoms with Gasteiger partial charge in [0.1, 0.15) is 18.4 Å². The fourth-order valence-corrected chi connectivity index (χ4v) is 4.70. The summed E-state index contributed by atoms with van der Waals surface area (Å²) in [5.41, 5.74) is 1.79. The molecule has 0 radical (unpaired) electrons. The van der Waals surface area contributed by atoms with E-state index in [9.17, 15) is 22.4 Å². The molecule has 0 saturated carbocycles. The van der Waals surface area contributed by atoms with Crippen LogP contribution in [0.4, 0.5) is 10.1 Å². The molecular weight excluding hydrogens is 537 g/mol. The highest BCUT2D eigenvalue weighted by atomic mass is 79.9. The van der Waals surface area contributed by atoms with Crippen LogP contribution in [0, 0.1) is 12.7 Å². The van der Waals surface area contributed by atoms with Crippen LogP contribution in [-0.2, 0) is 26.2 Å². The van der Waals surface area contributed by atoms with Gasteiger partial charge in [-0.25, -0.2) is 12.8 Å². The Hall–Kier alpha value is -2.46. The molecule has 35 heavy (non-hydrogen) atoms. The van der Waals surface area contributed by atoms with Crippen molar-refractivity contribution >= 4 is 43.5 Å². The van der Waals surface area contributed by atoms with Gasteiger partial charge in [-0.05, 0) is 61.2 Å². The monoisotopic (exact) mass is 569 g/mol. The Bertz CT molecular complexity index is 1130. The summed E-state index contributed by atoms with van der Waals surface area (Å²) in [4.78, 5) is 27.9. The number of carbonyl (C=O) groups excluding carboxylic acids is 2. The predicted octanol–water partition coefficient (Wildman–Crippen LogP) is 4.39. The number of nitrogens with zero attached hydrogens (tertiary/aromatic N) is 2. The summed E-state index contributed by atoms with van der Waals surface area (Å²) < 4.78 is 40.6. The van der Waals surface area contributed by atoms with E-state index in [0.29, 0.717) is 24.2 Å². The van der Waals surface area contributed by atoms with Crippen molar-refractivity contribution < 1.29 is 22.4 Å². The number of anilines is 1. The number of hydrogen-bond acceptors (Lipinski definition) is 4. The Morgan fingerprint density at radius 2 is 1.77 bits per heavy atom. The molecule has 192 valence electrons. The molecule has 0 saturated heterocycles. The highest BCUT2D eigenvalue weighted by molar-refractivity contribution is 9.10. The molecule has 7 nitrogen and oxygen atoms in total. The molecule has 1 N–H and O–H groups in total. The van der Waals surface area contributed by atoms with E-state index >= 15 is 0 Å². The van der Waals surface area contributed by atoms with Crippen LogP contribution in [0.15, 0.2) is 46.9 Å². The van der Waals surface area contributed by atoms with Crippen molar-refractivity contribution in [3.63, 3.8) is 0 Å². The maximum absolute atomic E-state index is 13.6. The van der Waals surface area contributed by atoms with Gasteiger partial charge in [0.05, 0.1) is 11.9 Å². The third-order valence-electron chi connectivity index (χ3n) is 5.59. The first kappa shape index (κ1) is 28.8. The summed E-state index contributed by atoms with van der Waals surface area (Å²) in [6.07, 6.45) is 3.09. The van der Waals surface area contributed by atoms with Crippen molar-refractivity contribution in [2.45, 2.75) is 52.6 Å². The fraction of sp³-hybridized carbons (Fsp3) is 0.440. The SMILES string of the molecule is CCCCNC(=O)[C@H](CC)N(Cc1ccc(F)cc1)C(=O)CN(c1ccc(Br)c(C)c1)S(C)(=O)=O. The highest BCUT2D eigenvalue weighted by Gasteiger charge is 2.31. The molecule has 0 aromatic heterocycles. The number of sulfonamides is 1. The summed E-state index contributed by atoms with van der Waals surface area (Å²) in [5, 5.41) is 2.86. The molecule has 0 fully saturated rings. The number of unbranched alkanes of at least 4 members (excludes halogenated alkanes) is 1. The van der Waals surface area contributed by atoms with Crippen molar-refractivity contribution in [3.8, 4) is 0 Å². The van der Waals surface area contributed by atoms with Gasteiger partial charge in [0, 0.05) is 17.6 Å². The van der Waals surface area contributed by atoms with E-state index in [1.54, 1.807) is 37.3 Å². The first-order chi connectivity index (χ1) is 16.5. The zero-order valence-corrected chi connectivity index (χ0v) is 23.0. The third kappa shape index (κ3) is 8.31. The number of carbonyl (C=O) groups is 2. The Kier molecular flexibility index (Phi) is 10.7. The van der Waals surface area contributed by atoms with E-state index in [0.717, 1.165) is 33.4 Å². The summed E-state index contributed by atoms with van der Waals surface area (Å²) in [7, 11) is -3.80. The Balaban J connectivity index is 2.41. The van der Waals surface area contributed by atoms with Crippen LogP contribution in [0.25, 0.3) is 0 Å². The van der Waals surface area contributed by atoms with Gasteiger partial charge in [0.15, 0.2) is 0 Å². The lowest BCUT2D eigenvalue weighted by Gasteiger charge is -2.33. The van der Waals surface area contributed by atoms with Gasteiger partial charge < -0.3 is 10.2 Å². The van der Waals surface area contributed by atoms with E-state index < -0.39 is 34.3 Å². The lowest BCUT2D eigenvalue weighted by atomic mass is 10.1. The maximum Gasteiger partial charge on any atom is 0.244 e. The van der Waals surface area contributed by atoms with Crippen molar-refractivity contribution in [2.75, 3.05) is 23.7 Å². The van der Waals surface area contributed by atoms with E-state index in [1.807, 2.05) is 13.8 Å². The van der Waals surface area contributed by atoms with Crippen LogP contribution in [-0.4, -0.2) is 50.5 Å². The van der Waals surface area contributed by atoms with Gasteiger partial charge in [0.25, 0.3) is 0 Å². The highest BCUT2D eigenvalue weighted by Crippen LogP contribution is 2.25. The number of nitrogens with one attached hydrogen (secondary N) is 1. The second kappa shape index (κ2) is 13.0. The van der Waals surface area contributed by atoms with Crippen molar-refractivity contribution in [3.05, 3.63) is 63.9 Å². The molecule has 0 bridgehead atoms. The van der Waals surface area contributed by atoms with Crippen LogP contribution < -0.4 is 9.62 Å².